The van der Waals surface area contributed by atoms with Gasteiger partial charge in [-0.3, -0.25) is 0 Å². The molecule has 3 aromatic rings. The first kappa shape index (κ1) is 22.5. The molecule has 2 aromatic carbocycles. The topological polar surface area (TPSA) is 80.6 Å². The highest BCUT2D eigenvalue weighted by molar-refractivity contribution is 5.78. The molecule has 0 saturated heterocycles. The number of likely N-dealkylation sites (N-methyl/N-ethyl adjacent to an activating group) is 1. The van der Waals surface area contributed by atoms with Crippen LogP contribution in [0, 0.1) is 0 Å². The van der Waals surface area contributed by atoms with Crippen LogP contribution < -0.4 is 14.4 Å². The summed E-state index contributed by atoms with van der Waals surface area (Å²) in [7, 11) is 1.83. The molecular weight excluding hydrogens is 392 g/mol. The highest BCUT2D eigenvalue weighted by atomic mass is 16.5. The summed E-state index contributed by atoms with van der Waals surface area (Å²) in [6, 6.07) is 15.6. The summed E-state index contributed by atoms with van der Waals surface area (Å²) in [4.78, 5) is 6.54. The molecule has 0 aliphatic rings. The third kappa shape index (κ3) is 5.92. The van der Waals surface area contributed by atoms with E-state index in [1.54, 1.807) is 4.90 Å². The number of aromatic nitrogens is 3. The molecule has 7 heteroatoms. The molecule has 0 aliphatic carbocycles. The highest BCUT2D eigenvalue weighted by Crippen LogP contribution is 2.31. The maximum absolute atomic E-state index is 9.26. The lowest BCUT2D eigenvalue weighted by Crippen LogP contribution is -2.24. The molecule has 31 heavy (non-hydrogen) atoms. The number of rotatable bonds is 9. The molecule has 0 aliphatic heterocycles. The fourth-order valence-corrected chi connectivity index (χ4v) is 3.05. The molecule has 1 N–H and O–H groups in total. The van der Waals surface area contributed by atoms with Gasteiger partial charge < -0.3 is 19.5 Å². The van der Waals surface area contributed by atoms with E-state index in [0.29, 0.717) is 23.9 Å². The van der Waals surface area contributed by atoms with Gasteiger partial charge in [-0.05, 0) is 76.2 Å². The number of ether oxygens (including phenoxy) is 2. The van der Waals surface area contributed by atoms with Gasteiger partial charge in [0, 0.05) is 24.7 Å². The Balaban J connectivity index is 2.02. The number of hydrogen-bond acceptors (Lipinski definition) is 7. The minimum absolute atomic E-state index is 0.00942. The summed E-state index contributed by atoms with van der Waals surface area (Å²) in [5.41, 5.74) is 3.19. The Kier molecular flexibility index (Phi) is 7.41. The summed E-state index contributed by atoms with van der Waals surface area (Å²) in [5, 5.41) is 18.0. The van der Waals surface area contributed by atoms with Gasteiger partial charge in [0.2, 0.25) is 5.95 Å². The van der Waals surface area contributed by atoms with E-state index >= 15 is 0 Å². The fourth-order valence-electron chi connectivity index (χ4n) is 3.05. The van der Waals surface area contributed by atoms with Crippen LogP contribution in [0.15, 0.2) is 48.5 Å². The Bertz CT molecular complexity index is 973. The van der Waals surface area contributed by atoms with Gasteiger partial charge in [0.1, 0.15) is 22.9 Å². The fraction of sp³-hybridized carbons (Fsp3) is 0.375. The minimum Gasteiger partial charge on any atom is -0.491 e. The molecule has 164 valence electrons. The summed E-state index contributed by atoms with van der Waals surface area (Å²) in [6.45, 7) is 8.41. The first-order valence-corrected chi connectivity index (χ1v) is 10.5. The van der Waals surface area contributed by atoms with E-state index in [9.17, 15) is 5.11 Å². The maximum atomic E-state index is 9.26. The van der Waals surface area contributed by atoms with Crippen LogP contribution >= 0.6 is 0 Å². The second-order valence-electron chi connectivity index (χ2n) is 7.84. The summed E-state index contributed by atoms with van der Waals surface area (Å²) in [5.74, 6) is 2.06. The van der Waals surface area contributed by atoms with Crippen molar-refractivity contribution in [2.24, 2.45) is 0 Å². The largest absolute Gasteiger partial charge is 0.491 e. The van der Waals surface area contributed by atoms with Gasteiger partial charge in [-0.25, -0.2) is 4.98 Å². The summed E-state index contributed by atoms with van der Waals surface area (Å²) in [6.07, 6.45) is 0.211. The average molecular weight is 423 g/mol. The monoisotopic (exact) mass is 422 g/mol. The second-order valence-corrected chi connectivity index (χ2v) is 7.84. The van der Waals surface area contributed by atoms with Crippen LogP contribution in [0.3, 0.4) is 0 Å². The van der Waals surface area contributed by atoms with Crippen molar-refractivity contribution in [3.05, 3.63) is 48.5 Å². The van der Waals surface area contributed by atoms with Crippen molar-refractivity contribution in [2.45, 2.75) is 39.9 Å². The van der Waals surface area contributed by atoms with Gasteiger partial charge in [-0.15, -0.1) is 10.2 Å². The lowest BCUT2D eigenvalue weighted by Gasteiger charge is -2.17. The maximum Gasteiger partial charge on any atom is 0.245 e. The van der Waals surface area contributed by atoms with Crippen LogP contribution in [0.5, 0.6) is 11.5 Å². The van der Waals surface area contributed by atoms with E-state index in [0.717, 1.165) is 22.6 Å². The molecule has 0 radical (unpaired) electrons. The van der Waals surface area contributed by atoms with Gasteiger partial charge in [-0.2, -0.15) is 0 Å². The average Bonchev–Trinajstić information content (AvgIpc) is 2.74. The number of hydrogen-bond donors (Lipinski definition) is 1. The lowest BCUT2D eigenvalue weighted by atomic mass is 10.0. The van der Waals surface area contributed by atoms with Crippen LogP contribution in [0.4, 0.5) is 5.95 Å². The normalized spacial score (nSPS) is 11.1. The second kappa shape index (κ2) is 10.2. The van der Waals surface area contributed by atoms with Crippen molar-refractivity contribution in [2.75, 3.05) is 25.1 Å². The van der Waals surface area contributed by atoms with Crippen molar-refractivity contribution in [1.29, 1.82) is 0 Å². The van der Waals surface area contributed by atoms with E-state index in [4.69, 9.17) is 14.5 Å². The van der Waals surface area contributed by atoms with Gasteiger partial charge in [0.15, 0.2) is 0 Å². The van der Waals surface area contributed by atoms with Crippen LogP contribution in [0.2, 0.25) is 0 Å². The quantitative estimate of drug-likeness (QED) is 0.553. The van der Waals surface area contributed by atoms with E-state index in [-0.39, 0.29) is 18.8 Å². The number of anilines is 1. The van der Waals surface area contributed by atoms with E-state index in [1.807, 2.05) is 83.3 Å². The predicted octanol–water partition coefficient (Wildman–Crippen LogP) is 4.21. The van der Waals surface area contributed by atoms with Gasteiger partial charge in [0.25, 0.3) is 0 Å². The predicted molar refractivity (Wildman–Crippen MR) is 123 cm³/mol. The molecule has 1 aromatic heterocycles. The van der Waals surface area contributed by atoms with Gasteiger partial charge in [-0.1, -0.05) is 0 Å². The first-order chi connectivity index (χ1) is 14.9. The Morgan fingerprint density at radius 2 is 1.26 bits per heavy atom. The Labute approximate surface area is 183 Å². The van der Waals surface area contributed by atoms with E-state index in [1.165, 1.54) is 0 Å². The molecule has 7 nitrogen and oxygen atoms in total. The molecule has 0 spiro atoms. The zero-order valence-corrected chi connectivity index (χ0v) is 18.7. The van der Waals surface area contributed by atoms with Gasteiger partial charge >= 0.3 is 0 Å². The van der Waals surface area contributed by atoms with Crippen LogP contribution in [0.1, 0.15) is 27.7 Å². The van der Waals surface area contributed by atoms with Gasteiger partial charge in [0.05, 0.1) is 18.8 Å². The number of aliphatic hydroxyl groups is 1. The molecule has 0 atom stereocenters. The van der Waals surface area contributed by atoms with Crippen molar-refractivity contribution in [3.63, 3.8) is 0 Å². The van der Waals surface area contributed by atoms with E-state index in [2.05, 4.69) is 10.2 Å². The van der Waals surface area contributed by atoms with Crippen LogP contribution in [-0.4, -0.2) is 52.7 Å². The Hall–Kier alpha value is -3.19. The lowest BCUT2D eigenvalue weighted by molar-refractivity contribution is 0.242. The van der Waals surface area contributed by atoms with Crippen LogP contribution in [-0.2, 0) is 0 Å². The molecular formula is C24H30N4O3. The zero-order valence-electron chi connectivity index (χ0n) is 18.7. The highest BCUT2D eigenvalue weighted by Gasteiger charge is 2.16. The molecule has 0 unspecified atom stereocenters. The first-order valence-electron chi connectivity index (χ1n) is 10.5. The standard InChI is InChI=1S/C24H30N4O3/c1-16(2)30-20-10-6-18(7-11-20)22-23(26-27-24(25-22)28(5)14-15-29)19-8-12-21(13-9-19)31-17(3)4/h6-13,16-17,29H,14-15H2,1-5H3. The number of aliphatic hydroxyl groups excluding tert-OH is 1. The molecule has 0 fully saturated rings. The molecule has 3 rings (SSSR count). The minimum atomic E-state index is 0.00942. The molecule has 0 bridgehead atoms. The smallest absolute Gasteiger partial charge is 0.245 e. The van der Waals surface area contributed by atoms with Crippen molar-refractivity contribution in [1.82, 2.24) is 15.2 Å². The van der Waals surface area contributed by atoms with E-state index < -0.39 is 0 Å². The van der Waals surface area contributed by atoms with Crippen LogP contribution in [0.25, 0.3) is 22.5 Å². The van der Waals surface area contributed by atoms with Crippen molar-refractivity contribution >= 4 is 5.95 Å². The SMILES string of the molecule is CC(C)Oc1ccc(-c2nnc(N(C)CCO)nc2-c2ccc(OC(C)C)cc2)cc1. The Morgan fingerprint density at radius 3 is 1.71 bits per heavy atom. The summed E-state index contributed by atoms with van der Waals surface area (Å²) < 4.78 is 11.5. The third-order valence-corrected chi connectivity index (χ3v) is 4.45. The van der Waals surface area contributed by atoms with Crippen molar-refractivity contribution in [3.8, 4) is 34.0 Å². The molecule has 0 amide bonds. The number of benzene rings is 2. The number of nitrogens with zero attached hydrogens (tertiary/aromatic N) is 4. The Morgan fingerprint density at radius 1 is 0.774 bits per heavy atom. The molecule has 0 saturated carbocycles. The zero-order chi connectivity index (χ0) is 22.4. The third-order valence-electron chi connectivity index (χ3n) is 4.45. The van der Waals surface area contributed by atoms with Crippen molar-refractivity contribution < 1.29 is 14.6 Å². The molecule has 1 heterocycles. The summed E-state index contributed by atoms with van der Waals surface area (Å²) >= 11 is 0.